The van der Waals surface area contributed by atoms with Crippen molar-refractivity contribution in [2.45, 2.75) is 24.5 Å². The van der Waals surface area contributed by atoms with Gasteiger partial charge >= 0.3 is 0 Å². The first-order chi connectivity index (χ1) is 9.54. The number of fused-ring (bicyclic) bond motifs is 1. The van der Waals surface area contributed by atoms with E-state index in [1.54, 1.807) is 4.57 Å². The Morgan fingerprint density at radius 3 is 2.75 bits per heavy atom. The van der Waals surface area contributed by atoms with E-state index in [0.717, 1.165) is 0 Å². The van der Waals surface area contributed by atoms with E-state index < -0.39 is 24.5 Å². The van der Waals surface area contributed by atoms with Gasteiger partial charge in [-0.05, 0) is 15.9 Å². The number of aliphatic hydroxyl groups excluding tert-OH is 3. The van der Waals surface area contributed by atoms with E-state index in [4.69, 9.17) is 15.6 Å². The minimum Gasteiger partial charge on any atom is -0.394 e. The summed E-state index contributed by atoms with van der Waals surface area (Å²) in [7, 11) is 0. The van der Waals surface area contributed by atoms with Crippen molar-refractivity contribution >= 4 is 32.8 Å². The molecule has 0 saturated carbocycles. The molecule has 8 nitrogen and oxygen atoms in total. The third kappa shape index (κ3) is 1.90. The summed E-state index contributed by atoms with van der Waals surface area (Å²) in [5, 5.41) is 29.0. The van der Waals surface area contributed by atoms with E-state index in [2.05, 4.69) is 25.9 Å². The summed E-state index contributed by atoms with van der Waals surface area (Å²) < 4.78 is 7.67. The summed E-state index contributed by atoms with van der Waals surface area (Å²) >= 11 is 3.35. The summed E-state index contributed by atoms with van der Waals surface area (Å²) in [5.41, 5.74) is 6.83. The molecule has 0 amide bonds. The number of nitrogen functional groups attached to an aromatic ring is 1. The van der Waals surface area contributed by atoms with Crippen LogP contribution in [-0.4, -0.2) is 54.8 Å². The first-order valence-electron chi connectivity index (χ1n) is 5.93. The molecule has 5 N–H and O–H groups in total. The average molecular weight is 345 g/mol. The molecular weight excluding hydrogens is 332 g/mol. The maximum absolute atomic E-state index is 10.1. The number of pyridine rings is 1. The molecule has 3 rings (SSSR count). The predicted molar refractivity (Wildman–Crippen MR) is 72.6 cm³/mol. The zero-order valence-corrected chi connectivity index (χ0v) is 11.8. The van der Waals surface area contributed by atoms with Crippen LogP contribution in [0.5, 0.6) is 0 Å². The Morgan fingerprint density at radius 2 is 2.10 bits per heavy atom. The standard InChI is InChI=1S/C11H13BrN4O4/c12-4-1-14-10(13)6-7(4)16(3-15-6)11-9(19)8(18)5(2-17)20-11/h1,3,5,8-9,11,17-19H,2H2,(H2,13,14)/t5-,8-,9-,11-/m1/s1. The molecule has 2 aromatic rings. The normalized spacial score (nSPS) is 30.2. The number of hydrogen-bond acceptors (Lipinski definition) is 7. The van der Waals surface area contributed by atoms with E-state index in [1.165, 1.54) is 12.5 Å². The summed E-state index contributed by atoms with van der Waals surface area (Å²) in [4.78, 5) is 8.12. The summed E-state index contributed by atoms with van der Waals surface area (Å²) in [6, 6.07) is 0. The van der Waals surface area contributed by atoms with Crippen LogP contribution in [-0.2, 0) is 4.74 Å². The maximum atomic E-state index is 10.1. The lowest BCUT2D eigenvalue weighted by molar-refractivity contribution is -0.0509. The van der Waals surface area contributed by atoms with Crippen molar-refractivity contribution in [2.24, 2.45) is 0 Å². The maximum Gasteiger partial charge on any atom is 0.164 e. The van der Waals surface area contributed by atoms with Crippen LogP contribution in [0.1, 0.15) is 6.23 Å². The number of imidazole rings is 1. The second-order valence-corrected chi connectivity index (χ2v) is 5.42. The van der Waals surface area contributed by atoms with Gasteiger partial charge in [-0.15, -0.1) is 0 Å². The second kappa shape index (κ2) is 4.93. The zero-order chi connectivity index (χ0) is 14.4. The van der Waals surface area contributed by atoms with Gasteiger partial charge in [-0.25, -0.2) is 9.97 Å². The van der Waals surface area contributed by atoms with Gasteiger partial charge < -0.3 is 25.8 Å². The smallest absolute Gasteiger partial charge is 0.164 e. The van der Waals surface area contributed by atoms with Crippen molar-refractivity contribution in [2.75, 3.05) is 12.3 Å². The van der Waals surface area contributed by atoms with Crippen molar-refractivity contribution in [3.8, 4) is 0 Å². The Labute approximate surface area is 121 Å². The van der Waals surface area contributed by atoms with E-state index in [-0.39, 0.29) is 12.4 Å². The zero-order valence-electron chi connectivity index (χ0n) is 10.2. The van der Waals surface area contributed by atoms with Gasteiger partial charge in [0.15, 0.2) is 12.0 Å². The van der Waals surface area contributed by atoms with Crippen LogP contribution < -0.4 is 5.73 Å². The first kappa shape index (κ1) is 13.7. The molecule has 0 spiro atoms. The average Bonchev–Trinajstić information content (AvgIpc) is 2.99. The summed E-state index contributed by atoms with van der Waals surface area (Å²) in [6.45, 7) is -0.383. The van der Waals surface area contributed by atoms with Crippen molar-refractivity contribution in [3.05, 3.63) is 17.0 Å². The van der Waals surface area contributed by atoms with E-state index in [9.17, 15) is 10.2 Å². The lowest BCUT2D eigenvalue weighted by Crippen LogP contribution is -2.33. The van der Waals surface area contributed by atoms with E-state index >= 15 is 0 Å². The molecule has 108 valence electrons. The highest BCUT2D eigenvalue weighted by atomic mass is 79.9. The molecule has 1 saturated heterocycles. The van der Waals surface area contributed by atoms with Crippen LogP contribution in [0, 0.1) is 0 Å². The van der Waals surface area contributed by atoms with Gasteiger partial charge in [-0.3, -0.25) is 4.57 Å². The number of aromatic nitrogens is 3. The predicted octanol–water partition coefficient (Wildman–Crippen LogP) is -0.613. The fourth-order valence-electron chi connectivity index (χ4n) is 2.34. The van der Waals surface area contributed by atoms with Crippen LogP contribution in [0.15, 0.2) is 17.0 Å². The Balaban J connectivity index is 2.10. The van der Waals surface area contributed by atoms with Gasteiger partial charge in [0.2, 0.25) is 0 Å². The highest BCUT2D eigenvalue weighted by Crippen LogP contribution is 2.34. The fourth-order valence-corrected chi connectivity index (χ4v) is 2.83. The molecule has 1 fully saturated rings. The fraction of sp³-hybridized carbons (Fsp3) is 0.455. The SMILES string of the molecule is Nc1ncc(Br)c2c1ncn2[C@@H]1O[C@H](CO)[C@@H](O)[C@H]1O. The number of rotatable bonds is 2. The minimum atomic E-state index is -1.18. The number of hydrogen-bond donors (Lipinski definition) is 4. The Hall–Kier alpha value is -1.26. The minimum absolute atomic E-state index is 0.258. The van der Waals surface area contributed by atoms with Crippen LogP contribution in [0.25, 0.3) is 11.0 Å². The third-order valence-corrected chi connectivity index (χ3v) is 3.95. The molecular formula is C11H13BrN4O4. The number of anilines is 1. The van der Waals surface area contributed by atoms with E-state index in [1.807, 2.05) is 0 Å². The molecule has 9 heteroatoms. The van der Waals surface area contributed by atoms with Gasteiger partial charge in [-0.1, -0.05) is 0 Å². The molecule has 0 unspecified atom stereocenters. The summed E-state index contributed by atoms with van der Waals surface area (Å²) in [5.74, 6) is 0.258. The molecule has 4 atom stereocenters. The van der Waals surface area contributed by atoms with Crippen molar-refractivity contribution < 1.29 is 20.1 Å². The number of aliphatic hydroxyl groups is 3. The molecule has 20 heavy (non-hydrogen) atoms. The first-order valence-corrected chi connectivity index (χ1v) is 6.73. The van der Waals surface area contributed by atoms with Crippen molar-refractivity contribution in [1.82, 2.24) is 14.5 Å². The molecule has 0 bridgehead atoms. The molecule has 0 radical (unpaired) electrons. The monoisotopic (exact) mass is 344 g/mol. The van der Waals surface area contributed by atoms with Gasteiger partial charge in [0.05, 0.1) is 22.9 Å². The van der Waals surface area contributed by atoms with Crippen LogP contribution >= 0.6 is 15.9 Å². The van der Waals surface area contributed by atoms with Crippen LogP contribution in [0.4, 0.5) is 5.82 Å². The largest absolute Gasteiger partial charge is 0.394 e. The van der Waals surface area contributed by atoms with Gasteiger partial charge in [0.25, 0.3) is 0 Å². The Kier molecular flexibility index (Phi) is 3.38. The highest BCUT2D eigenvalue weighted by molar-refractivity contribution is 9.10. The van der Waals surface area contributed by atoms with Gasteiger partial charge in [0.1, 0.15) is 23.8 Å². The van der Waals surface area contributed by atoms with Crippen molar-refractivity contribution in [3.63, 3.8) is 0 Å². The third-order valence-electron chi connectivity index (χ3n) is 3.37. The number of halogens is 1. The van der Waals surface area contributed by atoms with Crippen LogP contribution in [0.2, 0.25) is 0 Å². The van der Waals surface area contributed by atoms with Gasteiger partial charge in [-0.2, -0.15) is 0 Å². The molecule has 1 aliphatic rings. The molecule has 0 aliphatic carbocycles. The Bertz CT molecular complexity index is 649. The molecule has 2 aromatic heterocycles. The summed E-state index contributed by atoms with van der Waals surface area (Å²) in [6.07, 6.45) is -1.06. The quantitative estimate of drug-likeness (QED) is 0.572. The number of nitrogens with zero attached hydrogens (tertiary/aromatic N) is 3. The lowest BCUT2D eigenvalue weighted by atomic mass is 10.1. The molecule has 3 heterocycles. The topological polar surface area (TPSA) is 127 Å². The molecule has 1 aliphatic heterocycles. The van der Waals surface area contributed by atoms with Gasteiger partial charge in [0, 0.05) is 6.20 Å². The van der Waals surface area contributed by atoms with E-state index in [0.29, 0.717) is 15.5 Å². The second-order valence-electron chi connectivity index (χ2n) is 4.57. The number of ether oxygens (including phenoxy) is 1. The number of nitrogens with two attached hydrogens (primary N) is 1. The van der Waals surface area contributed by atoms with Crippen LogP contribution in [0.3, 0.4) is 0 Å². The highest BCUT2D eigenvalue weighted by Gasteiger charge is 2.43. The van der Waals surface area contributed by atoms with Crippen molar-refractivity contribution in [1.29, 1.82) is 0 Å². The molecule has 0 aromatic carbocycles. The lowest BCUT2D eigenvalue weighted by Gasteiger charge is -2.17. The Morgan fingerprint density at radius 1 is 1.35 bits per heavy atom.